The molecular weight excluding hydrogens is 234 g/mol. The largest absolute Gasteiger partial charge is 0.396 e. The summed E-state index contributed by atoms with van der Waals surface area (Å²) >= 11 is 6.36. The van der Waals surface area contributed by atoms with Crippen LogP contribution in [0, 0.1) is 0 Å². The maximum atomic E-state index is 8.81. The molecule has 1 aliphatic heterocycles. The van der Waals surface area contributed by atoms with E-state index in [0.29, 0.717) is 5.92 Å². The third kappa shape index (κ3) is 3.21. The van der Waals surface area contributed by atoms with E-state index in [1.807, 2.05) is 0 Å². The Labute approximate surface area is 108 Å². The predicted molar refractivity (Wildman–Crippen MR) is 71.7 cm³/mol. The smallest absolute Gasteiger partial charge is 0.0444 e. The Kier molecular flexibility index (Phi) is 4.43. The second-order valence-corrected chi connectivity index (χ2v) is 5.34. The maximum Gasteiger partial charge on any atom is 0.0444 e. The van der Waals surface area contributed by atoms with Gasteiger partial charge in [0.05, 0.1) is 0 Å². The molecule has 0 spiro atoms. The number of nitrogens with zero attached hydrogens (tertiary/aromatic N) is 1. The van der Waals surface area contributed by atoms with Gasteiger partial charge in [-0.25, -0.2) is 0 Å². The minimum atomic E-state index is 0.243. The zero-order valence-corrected chi connectivity index (χ0v) is 11.1. The minimum absolute atomic E-state index is 0.243. The summed E-state index contributed by atoms with van der Waals surface area (Å²) < 4.78 is 0. The molecule has 1 aromatic carbocycles. The Morgan fingerprint density at radius 2 is 2.29 bits per heavy atom. The fourth-order valence-electron chi connectivity index (χ4n) is 2.53. The third-order valence-electron chi connectivity index (χ3n) is 3.52. The SMILES string of the molecule is CN1CCC(c2ccc(CCCO)cc2Cl)C1. The molecule has 0 amide bonds. The number of aliphatic hydroxyl groups is 1. The summed E-state index contributed by atoms with van der Waals surface area (Å²) in [7, 11) is 2.16. The summed E-state index contributed by atoms with van der Waals surface area (Å²) in [5.41, 5.74) is 2.50. The molecule has 0 bridgehead atoms. The molecule has 17 heavy (non-hydrogen) atoms. The van der Waals surface area contributed by atoms with E-state index in [9.17, 15) is 0 Å². The minimum Gasteiger partial charge on any atom is -0.396 e. The first-order valence-electron chi connectivity index (χ1n) is 6.28. The Morgan fingerprint density at radius 1 is 1.47 bits per heavy atom. The van der Waals surface area contributed by atoms with Crippen LogP contribution in [-0.2, 0) is 6.42 Å². The Balaban J connectivity index is 2.08. The van der Waals surface area contributed by atoms with Gasteiger partial charge >= 0.3 is 0 Å². The van der Waals surface area contributed by atoms with Gasteiger partial charge in [0, 0.05) is 18.2 Å². The van der Waals surface area contributed by atoms with Crippen molar-refractivity contribution in [1.29, 1.82) is 0 Å². The van der Waals surface area contributed by atoms with E-state index >= 15 is 0 Å². The van der Waals surface area contributed by atoms with Crippen molar-refractivity contribution in [2.75, 3.05) is 26.7 Å². The van der Waals surface area contributed by atoms with Crippen molar-refractivity contribution < 1.29 is 5.11 Å². The molecule has 0 radical (unpaired) electrons. The van der Waals surface area contributed by atoms with E-state index in [1.54, 1.807) is 0 Å². The maximum absolute atomic E-state index is 8.81. The first-order chi connectivity index (χ1) is 8.20. The quantitative estimate of drug-likeness (QED) is 0.892. The van der Waals surface area contributed by atoms with Crippen LogP contribution in [0.4, 0.5) is 0 Å². The van der Waals surface area contributed by atoms with Gasteiger partial charge in [-0.2, -0.15) is 0 Å². The van der Waals surface area contributed by atoms with Gasteiger partial charge in [0.1, 0.15) is 0 Å². The van der Waals surface area contributed by atoms with Crippen LogP contribution >= 0.6 is 11.6 Å². The molecule has 2 rings (SSSR count). The topological polar surface area (TPSA) is 23.5 Å². The lowest BCUT2D eigenvalue weighted by atomic mass is 9.96. The van der Waals surface area contributed by atoms with E-state index in [1.165, 1.54) is 17.5 Å². The van der Waals surface area contributed by atoms with Gasteiger partial charge in [0.25, 0.3) is 0 Å². The molecule has 1 N–H and O–H groups in total. The molecule has 1 aliphatic rings. The molecule has 1 saturated heterocycles. The second-order valence-electron chi connectivity index (χ2n) is 4.93. The van der Waals surface area contributed by atoms with Gasteiger partial charge in [-0.3, -0.25) is 0 Å². The monoisotopic (exact) mass is 253 g/mol. The lowest BCUT2D eigenvalue weighted by molar-refractivity contribution is 0.288. The van der Waals surface area contributed by atoms with Gasteiger partial charge in [-0.05, 0) is 56.0 Å². The highest BCUT2D eigenvalue weighted by Gasteiger charge is 2.22. The van der Waals surface area contributed by atoms with Crippen LogP contribution in [0.25, 0.3) is 0 Å². The summed E-state index contributed by atoms with van der Waals surface area (Å²) in [6.45, 7) is 2.51. The fraction of sp³-hybridized carbons (Fsp3) is 0.571. The Morgan fingerprint density at radius 3 is 2.88 bits per heavy atom. The van der Waals surface area contributed by atoms with E-state index in [4.69, 9.17) is 16.7 Å². The molecule has 0 saturated carbocycles. The van der Waals surface area contributed by atoms with Crippen molar-refractivity contribution in [1.82, 2.24) is 4.90 Å². The average Bonchev–Trinajstić information content (AvgIpc) is 2.73. The lowest BCUT2D eigenvalue weighted by Crippen LogP contribution is -2.13. The van der Waals surface area contributed by atoms with Gasteiger partial charge < -0.3 is 10.0 Å². The molecule has 1 heterocycles. The van der Waals surface area contributed by atoms with Crippen LogP contribution in [0.2, 0.25) is 5.02 Å². The van der Waals surface area contributed by atoms with Crippen LogP contribution in [0.15, 0.2) is 18.2 Å². The van der Waals surface area contributed by atoms with Crippen molar-refractivity contribution in [3.05, 3.63) is 34.3 Å². The number of rotatable bonds is 4. The summed E-state index contributed by atoms with van der Waals surface area (Å²) in [6.07, 6.45) is 2.91. The van der Waals surface area contributed by atoms with Gasteiger partial charge in [0.15, 0.2) is 0 Å². The standard InChI is InChI=1S/C14H20ClNO/c1-16-7-6-12(10-16)13-5-4-11(3-2-8-17)9-14(13)15/h4-5,9,12,17H,2-3,6-8,10H2,1H3. The molecular formula is C14H20ClNO. The van der Waals surface area contributed by atoms with Crippen LogP contribution in [0.1, 0.15) is 29.9 Å². The first kappa shape index (κ1) is 12.9. The van der Waals surface area contributed by atoms with Crippen molar-refractivity contribution in [3.8, 4) is 0 Å². The van der Waals surface area contributed by atoms with E-state index in [2.05, 4.69) is 30.1 Å². The molecule has 1 atom stereocenters. The fourth-order valence-corrected chi connectivity index (χ4v) is 2.89. The highest BCUT2D eigenvalue weighted by molar-refractivity contribution is 6.31. The molecule has 3 heteroatoms. The predicted octanol–water partition coefficient (Wildman–Crippen LogP) is 2.68. The zero-order chi connectivity index (χ0) is 12.3. The Bertz CT molecular complexity index is 380. The van der Waals surface area contributed by atoms with Crippen LogP contribution in [-0.4, -0.2) is 36.8 Å². The average molecular weight is 254 g/mol. The van der Waals surface area contributed by atoms with E-state index in [0.717, 1.165) is 31.0 Å². The van der Waals surface area contributed by atoms with E-state index < -0.39 is 0 Å². The van der Waals surface area contributed by atoms with Crippen molar-refractivity contribution in [2.45, 2.75) is 25.2 Å². The summed E-state index contributed by atoms with van der Waals surface area (Å²) in [5, 5.41) is 9.70. The molecule has 1 fully saturated rings. The molecule has 1 unspecified atom stereocenters. The molecule has 0 aromatic heterocycles. The van der Waals surface area contributed by atoms with Gasteiger partial charge in [0.2, 0.25) is 0 Å². The van der Waals surface area contributed by atoms with Crippen LogP contribution in [0.3, 0.4) is 0 Å². The Hall–Kier alpha value is -0.570. The number of halogens is 1. The van der Waals surface area contributed by atoms with Crippen LogP contribution in [0.5, 0.6) is 0 Å². The highest BCUT2D eigenvalue weighted by atomic mass is 35.5. The number of likely N-dealkylation sites (N-methyl/N-ethyl adjacent to an activating group) is 1. The molecule has 1 aromatic rings. The lowest BCUT2D eigenvalue weighted by Gasteiger charge is -2.13. The number of likely N-dealkylation sites (tertiary alicyclic amines) is 1. The summed E-state index contributed by atoms with van der Waals surface area (Å²) in [6, 6.07) is 6.37. The number of benzene rings is 1. The summed E-state index contributed by atoms with van der Waals surface area (Å²) in [5.74, 6) is 0.583. The van der Waals surface area contributed by atoms with Crippen LogP contribution < -0.4 is 0 Å². The summed E-state index contributed by atoms with van der Waals surface area (Å²) in [4.78, 5) is 2.35. The van der Waals surface area contributed by atoms with Gasteiger partial charge in [-0.1, -0.05) is 23.7 Å². The molecule has 2 nitrogen and oxygen atoms in total. The second kappa shape index (κ2) is 5.85. The number of aliphatic hydroxyl groups excluding tert-OH is 1. The van der Waals surface area contributed by atoms with Gasteiger partial charge in [-0.15, -0.1) is 0 Å². The van der Waals surface area contributed by atoms with Crippen molar-refractivity contribution in [3.63, 3.8) is 0 Å². The first-order valence-corrected chi connectivity index (χ1v) is 6.66. The normalized spacial score (nSPS) is 21.0. The van der Waals surface area contributed by atoms with Crippen molar-refractivity contribution >= 4 is 11.6 Å². The molecule has 0 aliphatic carbocycles. The number of aryl methyl sites for hydroxylation is 1. The van der Waals surface area contributed by atoms with E-state index in [-0.39, 0.29) is 6.61 Å². The number of hydrogen-bond donors (Lipinski definition) is 1. The highest BCUT2D eigenvalue weighted by Crippen LogP contribution is 2.32. The van der Waals surface area contributed by atoms with Crippen molar-refractivity contribution in [2.24, 2.45) is 0 Å². The zero-order valence-electron chi connectivity index (χ0n) is 10.3. The number of hydrogen-bond acceptors (Lipinski definition) is 2. The third-order valence-corrected chi connectivity index (χ3v) is 3.85. The molecule has 94 valence electrons.